The molecule has 0 spiro atoms. The Morgan fingerprint density at radius 3 is 2.61 bits per heavy atom. The molecule has 3 heteroatoms. The topological polar surface area (TPSA) is 38.5 Å². The van der Waals surface area contributed by atoms with Crippen molar-refractivity contribution in [3.63, 3.8) is 0 Å². The van der Waals surface area contributed by atoms with Crippen LogP contribution in [-0.4, -0.2) is 42.8 Å². The van der Waals surface area contributed by atoms with E-state index in [1.165, 1.54) is 38.6 Å². The molecule has 1 saturated heterocycles. The van der Waals surface area contributed by atoms with Gasteiger partial charge in [0.25, 0.3) is 0 Å². The zero-order chi connectivity index (χ0) is 13.0. The summed E-state index contributed by atoms with van der Waals surface area (Å²) in [6.07, 6.45) is 8.00. The third kappa shape index (κ3) is 2.89. The fraction of sp³-hybridized carbons (Fsp3) is 1.00. The van der Waals surface area contributed by atoms with Crippen LogP contribution in [-0.2, 0) is 4.74 Å². The Morgan fingerprint density at radius 1 is 1.28 bits per heavy atom. The molecule has 0 amide bonds. The minimum atomic E-state index is 0.272. The molecule has 0 radical (unpaired) electrons. The van der Waals surface area contributed by atoms with Crippen molar-refractivity contribution in [2.24, 2.45) is 11.7 Å². The zero-order valence-electron chi connectivity index (χ0n) is 12.2. The fourth-order valence-electron chi connectivity index (χ4n) is 3.59. The van der Waals surface area contributed by atoms with Gasteiger partial charge < -0.3 is 10.5 Å². The van der Waals surface area contributed by atoms with Crippen LogP contribution in [0.25, 0.3) is 0 Å². The number of likely N-dealkylation sites (tertiary alicyclic amines) is 1. The third-order valence-corrected chi connectivity index (χ3v) is 4.87. The summed E-state index contributed by atoms with van der Waals surface area (Å²) in [6.45, 7) is 8.52. The first-order valence-electron chi connectivity index (χ1n) is 7.83. The summed E-state index contributed by atoms with van der Waals surface area (Å²) in [5.74, 6) is 0.845. The standard InChI is InChI=1S/C15H30N2O/c1-3-10-18-14-6-5-9-17(11-14)15(4-2,12-16)13-7-8-13/h13-14H,3-12,16H2,1-2H3. The van der Waals surface area contributed by atoms with Gasteiger partial charge in [-0.2, -0.15) is 0 Å². The van der Waals surface area contributed by atoms with E-state index >= 15 is 0 Å². The van der Waals surface area contributed by atoms with E-state index in [0.29, 0.717) is 6.10 Å². The smallest absolute Gasteiger partial charge is 0.0702 e. The molecule has 1 aliphatic heterocycles. The van der Waals surface area contributed by atoms with Gasteiger partial charge in [0.15, 0.2) is 0 Å². The Morgan fingerprint density at radius 2 is 2.06 bits per heavy atom. The Hall–Kier alpha value is -0.120. The highest BCUT2D eigenvalue weighted by molar-refractivity contribution is 5.03. The largest absolute Gasteiger partial charge is 0.377 e. The number of ether oxygens (including phenoxy) is 1. The molecular formula is C15H30N2O. The average molecular weight is 254 g/mol. The lowest BCUT2D eigenvalue weighted by molar-refractivity contribution is -0.0441. The summed E-state index contributed by atoms with van der Waals surface area (Å²) >= 11 is 0. The lowest BCUT2D eigenvalue weighted by Gasteiger charge is -2.47. The molecule has 2 rings (SSSR count). The van der Waals surface area contributed by atoms with E-state index in [1.54, 1.807) is 0 Å². The highest BCUT2D eigenvalue weighted by Crippen LogP contribution is 2.45. The van der Waals surface area contributed by atoms with Crippen molar-refractivity contribution in [2.45, 2.75) is 64.0 Å². The quantitative estimate of drug-likeness (QED) is 0.758. The summed E-state index contributed by atoms with van der Waals surface area (Å²) < 4.78 is 5.96. The predicted octanol–water partition coefficient (Wildman–Crippen LogP) is 2.39. The minimum Gasteiger partial charge on any atom is -0.377 e. The molecule has 18 heavy (non-hydrogen) atoms. The zero-order valence-corrected chi connectivity index (χ0v) is 12.2. The van der Waals surface area contributed by atoms with Crippen molar-refractivity contribution in [3.8, 4) is 0 Å². The monoisotopic (exact) mass is 254 g/mol. The van der Waals surface area contributed by atoms with Crippen molar-refractivity contribution in [2.75, 3.05) is 26.2 Å². The Bertz CT molecular complexity index is 249. The van der Waals surface area contributed by atoms with Crippen LogP contribution in [0.3, 0.4) is 0 Å². The van der Waals surface area contributed by atoms with Crippen molar-refractivity contribution < 1.29 is 4.74 Å². The molecule has 2 atom stereocenters. The number of hydrogen-bond acceptors (Lipinski definition) is 3. The maximum absolute atomic E-state index is 6.15. The molecule has 1 saturated carbocycles. The van der Waals surface area contributed by atoms with Crippen molar-refractivity contribution in [3.05, 3.63) is 0 Å². The molecule has 0 aromatic carbocycles. The summed E-state index contributed by atoms with van der Waals surface area (Å²) in [4.78, 5) is 2.66. The van der Waals surface area contributed by atoms with E-state index in [1.807, 2.05) is 0 Å². The van der Waals surface area contributed by atoms with Gasteiger partial charge in [0.2, 0.25) is 0 Å². The fourth-order valence-corrected chi connectivity index (χ4v) is 3.59. The first-order chi connectivity index (χ1) is 8.76. The van der Waals surface area contributed by atoms with E-state index in [9.17, 15) is 0 Å². The Labute approximate surface area is 112 Å². The van der Waals surface area contributed by atoms with E-state index in [-0.39, 0.29) is 5.54 Å². The van der Waals surface area contributed by atoms with Crippen LogP contribution in [0.2, 0.25) is 0 Å². The number of nitrogens with two attached hydrogens (primary N) is 1. The molecule has 1 aliphatic carbocycles. The van der Waals surface area contributed by atoms with Gasteiger partial charge in [0.05, 0.1) is 6.10 Å². The lowest BCUT2D eigenvalue weighted by Crippen LogP contribution is -2.59. The number of hydrogen-bond donors (Lipinski definition) is 1. The minimum absolute atomic E-state index is 0.272. The SMILES string of the molecule is CCCOC1CCCN(C(CC)(CN)C2CC2)C1. The first-order valence-corrected chi connectivity index (χ1v) is 7.83. The first kappa shape index (κ1) is 14.3. The molecule has 2 unspecified atom stereocenters. The number of nitrogens with zero attached hydrogens (tertiary/aromatic N) is 1. The summed E-state index contributed by atoms with van der Waals surface area (Å²) in [7, 11) is 0. The van der Waals surface area contributed by atoms with Gasteiger partial charge in [-0.05, 0) is 51.0 Å². The second-order valence-corrected chi connectivity index (χ2v) is 6.02. The van der Waals surface area contributed by atoms with E-state index in [2.05, 4.69) is 18.7 Å². The average Bonchev–Trinajstić information content (AvgIpc) is 3.24. The van der Waals surface area contributed by atoms with Crippen molar-refractivity contribution >= 4 is 0 Å². The molecule has 2 aliphatic rings. The molecule has 0 aromatic heterocycles. The number of rotatable bonds is 7. The van der Waals surface area contributed by atoms with Crippen LogP contribution >= 0.6 is 0 Å². The molecule has 2 fully saturated rings. The molecule has 0 aromatic rings. The van der Waals surface area contributed by atoms with Gasteiger partial charge >= 0.3 is 0 Å². The maximum atomic E-state index is 6.15. The van der Waals surface area contributed by atoms with E-state index in [0.717, 1.165) is 32.0 Å². The van der Waals surface area contributed by atoms with Gasteiger partial charge in [0.1, 0.15) is 0 Å². The lowest BCUT2D eigenvalue weighted by atomic mass is 9.86. The summed E-state index contributed by atoms with van der Waals surface area (Å²) in [5, 5.41) is 0. The van der Waals surface area contributed by atoms with Gasteiger partial charge in [-0.1, -0.05) is 13.8 Å². The van der Waals surface area contributed by atoms with Crippen molar-refractivity contribution in [1.29, 1.82) is 0 Å². The van der Waals surface area contributed by atoms with Crippen LogP contribution in [0.1, 0.15) is 52.4 Å². The van der Waals surface area contributed by atoms with Crippen LogP contribution < -0.4 is 5.73 Å². The van der Waals surface area contributed by atoms with Crippen LogP contribution in [0, 0.1) is 5.92 Å². The van der Waals surface area contributed by atoms with Gasteiger partial charge in [0, 0.05) is 25.2 Å². The van der Waals surface area contributed by atoms with Gasteiger partial charge in [-0.15, -0.1) is 0 Å². The summed E-state index contributed by atoms with van der Waals surface area (Å²) in [5.41, 5.74) is 6.43. The van der Waals surface area contributed by atoms with Crippen LogP contribution in [0.5, 0.6) is 0 Å². The second-order valence-electron chi connectivity index (χ2n) is 6.02. The van der Waals surface area contributed by atoms with Crippen LogP contribution in [0.4, 0.5) is 0 Å². The van der Waals surface area contributed by atoms with E-state index in [4.69, 9.17) is 10.5 Å². The Kier molecular flexibility index (Phi) is 5.05. The van der Waals surface area contributed by atoms with E-state index < -0.39 is 0 Å². The third-order valence-electron chi connectivity index (χ3n) is 4.87. The van der Waals surface area contributed by atoms with Gasteiger partial charge in [-0.25, -0.2) is 0 Å². The predicted molar refractivity (Wildman–Crippen MR) is 75.6 cm³/mol. The maximum Gasteiger partial charge on any atom is 0.0702 e. The van der Waals surface area contributed by atoms with Crippen molar-refractivity contribution in [1.82, 2.24) is 4.90 Å². The molecule has 106 valence electrons. The summed E-state index contributed by atoms with van der Waals surface area (Å²) in [6, 6.07) is 0. The Balaban J connectivity index is 1.97. The molecule has 1 heterocycles. The molecular weight excluding hydrogens is 224 g/mol. The second kappa shape index (κ2) is 6.36. The molecule has 2 N–H and O–H groups in total. The highest BCUT2D eigenvalue weighted by atomic mass is 16.5. The normalized spacial score (nSPS) is 29.2. The molecule has 0 bridgehead atoms. The van der Waals surface area contributed by atoms with Crippen LogP contribution in [0.15, 0.2) is 0 Å². The number of piperidine rings is 1. The highest BCUT2D eigenvalue weighted by Gasteiger charge is 2.47. The van der Waals surface area contributed by atoms with Gasteiger partial charge in [-0.3, -0.25) is 4.90 Å². The molecule has 3 nitrogen and oxygen atoms in total.